The van der Waals surface area contributed by atoms with Gasteiger partial charge in [-0.3, -0.25) is 4.79 Å². The first-order valence-corrected chi connectivity index (χ1v) is 6.45. The van der Waals surface area contributed by atoms with E-state index in [1.165, 1.54) is 0 Å². The summed E-state index contributed by atoms with van der Waals surface area (Å²) in [6, 6.07) is 7.33. The van der Waals surface area contributed by atoms with E-state index in [1.54, 1.807) is 18.5 Å². The van der Waals surface area contributed by atoms with E-state index < -0.39 is 0 Å². The van der Waals surface area contributed by atoms with Crippen molar-refractivity contribution in [3.63, 3.8) is 0 Å². The number of nitrogens with zero attached hydrogens (tertiary/aromatic N) is 2. The third kappa shape index (κ3) is 3.43. The third-order valence-corrected chi connectivity index (χ3v) is 3.01. The SMILES string of the molecule is Cn1cnc(CCNC(=O)c2cccc(Br)c2)c1. The van der Waals surface area contributed by atoms with Gasteiger partial charge in [-0.05, 0) is 18.2 Å². The van der Waals surface area contributed by atoms with Gasteiger partial charge in [0.05, 0.1) is 12.0 Å². The molecule has 4 nitrogen and oxygen atoms in total. The summed E-state index contributed by atoms with van der Waals surface area (Å²) in [5.74, 6) is -0.0627. The summed E-state index contributed by atoms with van der Waals surface area (Å²) in [4.78, 5) is 16.0. The molecule has 0 radical (unpaired) electrons. The Morgan fingerprint density at radius 3 is 3.00 bits per heavy atom. The molecular weight excluding hydrogens is 294 g/mol. The number of carbonyl (C=O) groups excluding carboxylic acids is 1. The lowest BCUT2D eigenvalue weighted by atomic mass is 10.2. The lowest BCUT2D eigenvalue weighted by molar-refractivity contribution is 0.0954. The minimum absolute atomic E-state index is 0.0627. The molecule has 0 saturated heterocycles. The van der Waals surface area contributed by atoms with Crippen molar-refractivity contribution in [1.82, 2.24) is 14.9 Å². The van der Waals surface area contributed by atoms with Gasteiger partial charge in [-0.15, -0.1) is 0 Å². The second-order valence-corrected chi connectivity index (χ2v) is 4.96. The van der Waals surface area contributed by atoms with E-state index in [-0.39, 0.29) is 5.91 Å². The summed E-state index contributed by atoms with van der Waals surface area (Å²) in [5.41, 5.74) is 1.64. The molecule has 1 amide bonds. The van der Waals surface area contributed by atoms with Gasteiger partial charge in [0.2, 0.25) is 0 Å². The number of hydrogen-bond acceptors (Lipinski definition) is 2. The van der Waals surface area contributed by atoms with Crippen LogP contribution in [-0.2, 0) is 13.5 Å². The maximum atomic E-state index is 11.8. The molecule has 0 fully saturated rings. The fourth-order valence-corrected chi connectivity index (χ4v) is 2.03. The molecule has 2 aromatic rings. The predicted octanol–water partition coefficient (Wildman–Crippen LogP) is 2.16. The lowest BCUT2D eigenvalue weighted by Crippen LogP contribution is -2.25. The van der Waals surface area contributed by atoms with Gasteiger partial charge in [0.15, 0.2) is 0 Å². The summed E-state index contributed by atoms with van der Waals surface area (Å²) < 4.78 is 2.80. The Labute approximate surface area is 114 Å². The van der Waals surface area contributed by atoms with Crippen LogP contribution in [0.1, 0.15) is 16.1 Å². The number of hydrogen-bond donors (Lipinski definition) is 1. The Morgan fingerprint density at radius 2 is 2.33 bits per heavy atom. The van der Waals surface area contributed by atoms with Gasteiger partial charge in [-0.25, -0.2) is 4.98 Å². The fourth-order valence-electron chi connectivity index (χ4n) is 1.63. The maximum Gasteiger partial charge on any atom is 0.251 e. The van der Waals surface area contributed by atoms with Gasteiger partial charge in [-0.1, -0.05) is 22.0 Å². The monoisotopic (exact) mass is 307 g/mol. The van der Waals surface area contributed by atoms with Crippen molar-refractivity contribution >= 4 is 21.8 Å². The Morgan fingerprint density at radius 1 is 1.50 bits per heavy atom. The van der Waals surface area contributed by atoms with Crippen LogP contribution in [0.2, 0.25) is 0 Å². The topological polar surface area (TPSA) is 46.9 Å². The summed E-state index contributed by atoms with van der Waals surface area (Å²) >= 11 is 3.35. The number of benzene rings is 1. The molecule has 1 N–H and O–H groups in total. The highest BCUT2D eigenvalue weighted by Gasteiger charge is 2.05. The highest BCUT2D eigenvalue weighted by molar-refractivity contribution is 9.10. The van der Waals surface area contributed by atoms with Gasteiger partial charge in [-0.2, -0.15) is 0 Å². The fraction of sp³-hybridized carbons (Fsp3) is 0.231. The average Bonchev–Trinajstić information content (AvgIpc) is 2.75. The highest BCUT2D eigenvalue weighted by atomic mass is 79.9. The molecule has 1 aromatic heterocycles. The first kappa shape index (κ1) is 12.8. The normalized spacial score (nSPS) is 10.3. The van der Waals surface area contributed by atoms with Crippen molar-refractivity contribution in [3.8, 4) is 0 Å². The Hall–Kier alpha value is -1.62. The number of amides is 1. The van der Waals surface area contributed by atoms with Crippen molar-refractivity contribution in [2.24, 2.45) is 7.05 Å². The number of nitrogens with one attached hydrogen (secondary N) is 1. The minimum atomic E-state index is -0.0627. The zero-order chi connectivity index (χ0) is 13.0. The van der Waals surface area contributed by atoms with Crippen LogP contribution in [-0.4, -0.2) is 22.0 Å². The summed E-state index contributed by atoms with van der Waals surface area (Å²) in [6.45, 7) is 0.586. The van der Waals surface area contributed by atoms with Crippen molar-refractivity contribution in [1.29, 1.82) is 0 Å². The molecule has 0 unspecified atom stereocenters. The van der Waals surface area contributed by atoms with Gasteiger partial charge < -0.3 is 9.88 Å². The molecule has 0 aliphatic heterocycles. The van der Waals surface area contributed by atoms with Gasteiger partial charge in [0, 0.05) is 36.2 Å². The molecule has 0 bridgehead atoms. The van der Waals surface area contributed by atoms with E-state index >= 15 is 0 Å². The van der Waals surface area contributed by atoms with Crippen LogP contribution in [0.3, 0.4) is 0 Å². The minimum Gasteiger partial charge on any atom is -0.352 e. The van der Waals surface area contributed by atoms with Crippen molar-refractivity contribution < 1.29 is 4.79 Å². The number of aryl methyl sites for hydroxylation is 1. The van der Waals surface area contributed by atoms with Crippen LogP contribution in [0.5, 0.6) is 0 Å². The number of rotatable bonds is 4. The van der Waals surface area contributed by atoms with E-state index in [1.807, 2.05) is 29.9 Å². The first-order valence-electron chi connectivity index (χ1n) is 5.66. The number of halogens is 1. The second-order valence-electron chi connectivity index (χ2n) is 4.05. The molecule has 1 heterocycles. The quantitative estimate of drug-likeness (QED) is 0.941. The van der Waals surface area contributed by atoms with Crippen LogP contribution >= 0.6 is 15.9 Å². The first-order chi connectivity index (χ1) is 8.65. The molecule has 94 valence electrons. The van der Waals surface area contributed by atoms with Crippen LogP contribution in [0, 0.1) is 0 Å². The largest absolute Gasteiger partial charge is 0.352 e. The summed E-state index contributed by atoms with van der Waals surface area (Å²) in [6.07, 6.45) is 4.44. The standard InChI is InChI=1S/C13H14BrN3O/c1-17-8-12(16-9-17)5-6-15-13(18)10-3-2-4-11(14)7-10/h2-4,7-9H,5-6H2,1H3,(H,15,18). The van der Waals surface area contributed by atoms with Crippen LogP contribution in [0.15, 0.2) is 41.3 Å². The third-order valence-electron chi connectivity index (χ3n) is 2.51. The van der Waals surface area contributed by atoms with Crippen molar-refractivity contribution in [2.45, 2.75) is 6.42 Å². The predicted molar refractivity (Wildman–Crippen MR) is 73.4 cm³/mol. The van der Waals surface area contributed by atoms with Crippen LogP contribution in [0.25, 0.3) is 0 Å². The number of aromatic nitrogens is 2. The second kappa shape index (κ2) is 5.82. The zero-order valence-electron chi connectivity index (χ0n) is 10.1. The van der Waals surface area contributed by atoms with Gasteiger partial charge in [0.25, 0.3) is 5.91 Å². The molecule has 0 atom stereocenters. The van der Waals surface area contributed by atoms with Crippen molar-refractivity contribution in [2.75, 3.05) is 6.54 Å². The summed E-state index contributed by atoms with van der Waals surface area (Å²) in [5, 5.41) is 2.87. The smallest absolute Gasteiger partial charge is 0.251 e. The van der Waals surface area contributed by atoms with E-state index in [0.717, 1.165) is 16.6 Å². The molecule has 1 aromatic carbocycles. The Balaban J connectivity index is 1.85. The average molecular weight is 308 g/mol. The number of carbonyl (C=O) groups is 1. The molecule has 0 saturated carbocycles. The van der Waals surface area contributed by atoms with Crippen molar-refractivity contribution in [3.05, 3.63) is 52.5 Å². The molecule has 18 heavy (non-hydrogen) atoms. The number of imidazole rings is 1. The van der Waals surface area contributed by atoms with E-state index in [0.29, 0.717) is 12.1 Å². The van der Waals surface area contributed by atoms with Gasteiger partial charge in [0.1, 0.15) is 0 Å². The zero-order valence-corrected chi connectivity index (χ0v) is 11.6. The Bertz CT molecular complexity index is 551. The lowest BCUT2D eigenvalue weighted by Gasteiger charge is -2.04. The van der Waals surface area contributed by atoms with Crippen LogP contribution in [0.4, 0.5) is 0 Å². The Kier molecular flexibility index (Phi) is 4.15. The molecule has 0 aliphatic carbocycles. The van der Waals surface area contributed by atoms with Crippen LogP contribution < -0.4 is 5.32 Å². The molecule has 2 rings (SSSR count). The molecule has 0 spiro atoms. The van der Waals surface area contributed by atoms with Gasteiger partial charge >= 0.3 is 0 Å². The van der Waals surface area contributed by atoms with E-state index in [4.69, 9.17) is 0 Å². The maximum absolute atomic E-state index is 11.8. The molecule has 5 heteroatoms. The molecule has 0 aliphatic rings. The molecular formula is C13H14BrN3O. The summed E-state index contributed by atoms with van der Waals surface area (Å²) in [7, 11) is 1.93. The van der Waals surface area contributed by atoms with E-state index in [9.17, 15) is 4.79 Å². The van der Waals surface area contributed by atoms with E-state index in [2.05, 4.69) is 26.2 Å². The highest BCUT2D eigenvalue weighted by Crippen LogP contribution is 2.11.